The maximum Gasteiger partial charge on any atom is 0.137 e. The van der Waals surface area contributed by atoms with Gasteiger partial charge in [-0.15, -0.1) is 0 Å². The molecule has 2 aliphatic rings. The summed E-state index contributed by atoms with van der Waals surface area (Å²) in [6.07, 6.45) is 7.23. The fraction of sp³-hybridized carbons (Fsp3) is 0.625. The fourth-order valence-corrected chi connectivity index (χ4v) is 3.52. The highest BCUT2D eigenvalue weighted by Gasteiger charge is 2.43. The smallest absolute Gasteiger partial charge is 0.137 e. The minimum Gasteiger partial charge on any atom is -0.468 e. The van der Waals surface area contributed by atoms with Gasteiger partial charge in [0, 0.05) is 13.1 Å². The van der Waals surface area contributed by atoms with Gasteiger partial charge in [0.2, 0.25) is 0 Å². The predicted octanol–water partition coefficient (Wildman–Crippen LogP) is 1.32. The lowest BCUT2D eigenvalue weighted by Crippen LogP contribution is -2.44. The molecule has 2 aromatic rings. The van der Waals surface area contributed by atoms with E-state index in [1.165, 1.54) is 0 Å². The van der Waals surface area contributed by atoms with Crippen molar-refractivity contribution in [3.63, 3.8) is 0 Å². The van der Waals surface area contributed by atoms with Crippen molar-refractivity contribution in [2.45, 2.75) is 37.6 Å². The third-order valence-electron chi connectivity index (χ3n) is 4.58. The molecule has 2 saturated heterocycles. The molecule has 2 aliphatic heterocycles. The lowest BCUT2D eigenvalue weighted by atomic mass is 10.00. The molecule has 124 valence electrons. The van der Waals surface area contributed by atoms with Crippen LogP contribution in [0.1, 0.15) is 18.6 Å². The lowest BCUT2D eigenvalue weighted by Gasteiger charge is -2.31. The first-order chi connectivity index (χ1) is 11.3. The summed E-state index contributed by atoms with van der Waals surface area (Å²) in [7, 11) is 0. The van der Waals surface area contributed by atoms with E-state index in [9.17, 15) is 0 Å². The Morgan fingerprint density at radius 2 is 2.39 bits per heavy atom. The molecular formula is C16H22N4O3. The number of hydrogen-bond donors (Lipinski definition) is 0. The molecule has 23 heavy (non-hydrogen) atoms. The molecule has 0 bridgehead atoms. The van der Waals surface area contributed by atoms with Crippen LogP contribution in [-0.2, 0) is 22.6 Å². The van der Waals surface area contributed by atoms with Gasteiger partial charge >= 0.3 is 0 Å². The first kappa shape index (κ1) is 14.9. The second-order valence-corrected chi connectivity index (χ2v) is 6.42. The van der Waals surface area contributed by atoms with Crippen LogP contribution in [0.2, 0.25) is 0 Å². The van der Waals surface area contributed by atoms with Crippen molar-refractivity contribution in [3.8, 4) is 0 Å². The molecule has 0 aromatic carbocycles. The molecule has 4 heterocycles. The Labute approximate surface area is 135 Å². The number of hydrogen-bond acceptors (Lipinski definition) is 6. The summed E-state index contributed by atoms with van der Waals surface area (Å²) in [5, 5.41) is 4.17. The van der Waals surface area contributed by atoms with Crippen LogP contribution in [0, 0.1) is 0 Å². The molecule has 0 N–H and O–H groups in total. The zero-order valence-corrected chi connectivity index (χ0v) is 13.1. The van der Waals surface area contributed by atoms with Gasteiger partial charge in [-0.2, -0.15) is 5.10 Å². The highest BCUT2D eigenvalue weighted by Crippen LogP contribution is 2.34. The third kappa shape index (κ3) is 3.46. The van der Waals surface area contributed by atoms with Crippen molar-refractivity contribution in [2.75, 3.05) is 26.3 Å². The highest BCUT2D eigenvalue weighted by molar-refractivity contribution is 5.00. The molecule has 4 rings (SSSR count). The predicted molar refractivity (Wildman–Crippen MR) is 81.7 cm³/mol. The number of rotatable bonds is 4. The summed E-state index contributed by atoms with van der Waals surface area (Å²) in [5.74, 6) is 0.985. The molecule has 0 unspecified atom stereocenters. The molecule has 2 aromatic heterocycles. The highest BCUT2D eigenvalue weighted by atomic mass is 16.6. The molecule has 0 radical (unpaired) electrons. The summed E-state index contributed by atoms with van der Waals surface area (Å²) in [5.41, 5.74) is -0.214. The zero-order valence-electron chi connectivity index (χ0n) is 13.1. The van der Waals surface area contributed by atoms with E-state index < -0.39 is 0 Å². The van der Waals surface area contributed by atoms with Gasteiger partial charge in [-0.25, -0.2) is 4.98 Å². The molecule has 1 spiro atoms. The minimum atomic E-state index is -0.214. The fourth-order valence-electron chi connectivity index (χ4n) is 3.52. The molecule has 0 saturated carbocycles. The molecule has 0 amide bonds. The molecule has 2 fully saturated rings. The second-order valence-electron chi connectivity index (χ2n) is 6.42. The minimum absolute atomic E-state index is 0.170. The summed E-state index contributed by atoms with van der Waals surface area (Å²) in [4.78, 5) is 6.35. The van der Waals surface area contributed by atoms with Gasteiger partial charge < -0.3 is 13.9 Å². The van der Waals surface area contributed by atoms with Gasteiger partial charge in [-0.05, 0) is 25.0 Å². The Bertz CT molecular complexity index is 601. The molecule has 0 aliphatic carbocycles. The Morgan fingerprint density at radius 3 is 3.22 bits per heavy atom. The van der Waals surface area contributed by atoms with Gasteiger partial charge in [-0.3, -0.25) is 9.58 Å². The van der Waals surface area contributed by atoms with Gasteiger partial charge in [0.25, 0.3) is 0 Å². The standard InChI is InChI=1S/C16H22N4O3/c1-2-14(22-6-1)8-19-5-7-21-11-16(10-19)4-3-15(23-16)9-20-13-17-12-18-20/h1-2,6,12-13,15H,3-5,7-11H2/t15-,16+/m1/s1. The van der Waals surface area contributed by atoms with Crippen LogP contribution >= 0.6 is 0 Å². The number of nitrogens with zero attached hydrogens (tertiary/aromatic N) is 4. The van der Waals surface area contributed by atoms with Crippen LogP contribution in [0.25, 0.3) is 0 Å². The van der Waals surface area contributed by atoms with Crippen LogP contribution in [0.5, 0.6) is 0 Å². The van der Waals surface area contributed by atoms with E-state index in [1.807, 2.05) is 16.8 Å². The summed E-state index contributed by atoms with van der Waals surface area (Å²) >= 11 is 0. The van der Waals surface area contributed by atoms with Gasteiger partial charge in [-0.1, -0.05) is 0 Å². The first-order valence-corrected chi connectivity index (χ1v) is 8.14. The van der Waals surface area contributed by atoms with E-state index in [0.29, 0.717) is 6.61 Å². The van der Waals surface area contributed by atoms with Crippen LogP contribution in [0.4, 0.5) is 0 Å². The van der Waals surface area contributed by atoms with Gasteiger partial charge in [0.15, 0.2) is 0 Å². The maximum atomic E-state index is 6.41. The SMILES string of the molecule is c1coc(CN2CCOC[C@]3(CC[C@H](Cn4cncn4)O3)C2)c1. The average Bonchev–Trinajstić information content (AvgIpc) is 3.25. The van der Waals surface area contributed by atoms with Crippen LogP contribution < -0.4 is 0 Å². The van der Waals surface area contributed by atoms with Gasteiger partial charge in [0.1, 0.15) is 24.0 Å². The quantitative estimate of drug-likeness (QED) is 0.847. The van der Waals surface area contributed by atoms with E-state index in [0.717, 1.165) is 51.4 Å². The van der Waals surface area contributed by atoms with Gasteiger partial charge in [0.05, 0.1) is 38.7 Å². The van der Waals surface area contributed by atoms with Crippen molar-refractivity contribution >= 4 is 0 Å². The number of aromatic nitrogens is 3. The molecule has 2 atom stereocenters. The lowest BCUT2D eigenvalue weighted by molar-refractivity contribution is -0.0907. The molecule has 7 nitrogen and oxygen atoms in total. The largest absolute Gasteiger partial charge is 0.468 e. The van der Waals surface area contributed by atoms with Crippen LogP contribution in [0.3, 0.4) is 0 Å². The van der Waals surface area contributed by atoms with Crippen molar-refractivity contribution in [1.29, 1.82) is 0 Å². The Balaban J connectivity index is 1.40. The summed E-state index contributed by atoms with van der Waals surface area (Å²) in [6.45, 7) is 4.73. The third-order valence-corrected chi connectivity index (χ3v) is 4.58. The summed E-state index contributed by atoms with van der Waals surface area (Å²) in [6, 6.07) is 3.95. The topological polar surface area (TPSA) is 65.6 Å². The van der Waals surface area contributed by atoms with E-state index in [1.54, 1.807) is 18.9 Å². The molecule has 7 heteroatoms. The van der Waals surface area contributed by atoms with E-state index >= 15 is 0 Å². The monoisotopic (exact) mass is 318 g/mol. The number of ether oxygens (including phenoxy) is 2. The van der Waals surface area contributed by atoms with Crippen molar-refractivity contribution in [1.82, 2.24) is 19.7 Å². The van der Waals surface area contributed by atoms with Crippen molar-refractivity contribution < 1.29 is 13.9 Å². The van der Waals surface area contributed by atoms with Crippen molar-refractivity contribution in [2.24, 2.45) is 0 Å². The number of furan rings is 1. The zero-order chi connectivity index (χ0) is 15.5. The maximum absolute atomic E-state index is 6.41. The first-order valence-electron chi connectivity index (χ1n) is 8.14. The molecular weight excluding hydrogens is 296 g/mol. The van der Waals surface area contributed by atoms with Crippen LogP contribution in [0.15, 0.2) is 35.5 Å². The van der Waals surface area contributed by atoms with Crippen molar-refractivity contribution in [3.05, 3.63) is 36.8 Å². The Morgan fingerprint density at radius 1 is 1.39 bits per heavy atom. The van der Waals surface area contributed by atoms with E-state index in [-0.39, 0.29) is 11.7 Å². The normalized spacial score (nSPS) is 29.1. The summed E-state index contributed by atoms with van der Waals surface area (Å²) < 4.78 is 19.6. The van der Waals surface area contributed by atoms with Crippen LogP contribution in [-0.4, -0.2) is 57.7 Å². The Hall–Kier alpha value is -1.70. The average molecular weight is 318 g/mol. The second kappa shape index (κ2) is 6.43. The van der Waals surface area contributed by atoms with E-state index in [2.05, 4.69) is 15.0 Å². The Kier molecular flexibility index (Phi) is 4.15. The van der Waals surface area contributed by atoms with E-state index in [4.69, 9.17) is 13.9 Å².